The highest BCUT2D eigenvalue weighted by Crippen LogP contribution is 2.29. The minimum Gasteiger partial charge on any atom is -0.379 e. The van der Waals surface area contributed by atoms with E-state index in [1.165, 1.54) is 11.3 Å². The summed E-state index contributed by atoms with van der Waals surface area (Å²) in [6, 6.07) is 3.98. The van der Waals surface area contributed by atoms with E-state index in [0.29, 0.717) is 37.4 Å². The molecule has 3 aromatic rings. The maximum atomic E-state index is 13.2. The van der Waals surface area contributed by atoms with Crippen molar-refractivity contribution in [3.05, 3.63) is 45.5 Å². The van der Waals surface area contributed by atoms with Crippen molar-refractivity contribution in [3.63, 3.8) is 0 Å². The van der Waals surface area contributed by atoms with Crippen molar-refractivity contribution >= 4 is 34.5 Å². The number of aromatic nitrogens is 3. The highest BCUT2D eigenvalue weighted by Gasteiger charge is 2.30. The summed E-state index contributed by atoms with van der Waals surface area (Å²) in [5.74, 6) is -0.301. The molecule has 0 unspecified atom stereocenters. The molecule has 0 spiro atoms. The number of hydrogen-bond donors (Lipinski definition) is 1. The van der Waals surface area contributed by atoms with Gasteiger partial charge in [0, 0.05) is 62.8 Å². The molecule has 0 saturated carbocycles. The summed E-state index contributed by atoms with van der Waals surface area (Å²) in [5.41, 5.74) is 2.70. The third kappa shape index (κ3) is 4.72. The molecule has 0 aliphatic carbocycles. The highest BCUT2D eigenvalue weighted by molar-refractivity contribution is 7.20. The second-order valence-corrected chi connectivity index (χ2v) is 9.91. The number of carbonyl (C=O) groups is 2. The Bertz CT molecular complexity index is 1130. The van der Waals surface area contributed by atoms with Gasteiger partial charge in [-0.1, -0.05) is 6.07 Å². The largest absolute Gasteiger partial charge is 0.379 e. The van der Waals surface area contributed by atoms with Gasteiger partial charge in [0.15, 0.2) is 5.69 Å². The van der Waals surface area contributed by atoms with Crippen LogP contribution in [-0.4, -0.2) is 82.3 Å². The zero-order valence-electron chi connectivity index (χ0n) is 18.5. The fourth-order valence-corrected chi connectivity index (χ4v) is 5.84. The smallest absolute Gasteiger partial charge is 0.273 e. The quantitative estimate of drug-likeness (QED) is 0.572. The Morgan fingerprint density at radius 3 is 2.85 bits per heavy atom. The van der Waals surface area contributed by atoms with Crippen LogP contribution in [0.15, 0.2) is 22.9 Å². The Morgan fingerprint density at radius 2 is 2.06 bits per heavy atom. The zero-order valence-corrected chi connectivity index (χ0v) is 20.1. The van der Waals surface area contributed by atoms with Gasteiger partial charge in [0.05, 0.1) is 24.6 Å². The third-order valence-corrected chi connectivity index (χ3v) is 7.90. The van der Waals surface area contributed by atoms with Crippen LogP contribution < -0.4 is 5.32 Å². The van der Waals surface area contributed by atoms with Crippen LogP contribution in [0.4, 0.5) is 0 Å². The summed E-state index contributed by atoms with van der Waals surface area (Å²) in [5, 5.41) is 12.1. The predicted molar refractivity (Wildman–Crippen MR) is 127 cm³/mol. The Morgan fingerprint density at radius 1 is 1.21 bits per heavy atom. The van der Waals surface area contributed by atoms with Gasteiger partial charge in [-0.2, -0.15) is 5.10 Å². The van der Waals surface area contributed by atoms with E-state index >= 15 is 0 Å². The van der Waals surface area contributed by atoms with Gasteiger partial charge in [0.25, 0.3) is 11.8 Å². The molecule has 174 valence electrons. The molecule has 5 heterocycles. The van der Waals surface area contributed by atoms with E-state index in [1.54, 1.807) is 20.9 Å². The molecular weight excluding hydrogens is 460 g/mol. The zero-order chi connectivity index (χ0) is 22.8. The fraction of sp³-hybridized carbons (Fsp3) is 0.455. The molecular formula is C22H26N6O3S2. The number of carbonyl (C=O) groups excluding carboxylic acids is 2. The molecule has 0 aromatic carbocycles. The average molecular weight is 487 g/mol. The molecule has 33 heavy (non-hydrogen) atoms. The normalized spacial score (nSPS) is 16.6. The van der Waals surface area contributed by atoms with E-state index in [9.17, 15) is 9.59 Å². The second-order valence-electron chi connectivity index (χ2n) is 8.10. The lowest BCUT2D eigenvalue weighted by Gasteiger charge is -2.27. The van der Waals surface area contributed by atoms with Crippen molar-refractivity contribution < 1.29 is 14.3 Å². The van der Waals surface area contributed by atoms with E-state index in [4.69, 9.17) is 4.74 Å². The van der Waals surface area contributed by atoms with E-state index in [0.717, 1.165) is 54.0 Å². The van der Waals surface area contributed by atoms with Gasteiger partial charge < -0.3 is 15.0 Å². The van der Waals surface area contributed by atoms with Crippen LogP contribution in [0.1, 0.15) is 32.2 Å². The van der Waals surface area contributed by atoms with Crippen molar-refractivity contribution in [2.24, 2.45) is 7.05 Å². The lowest BCUT2D eigenvalue weighted by molar-refractivity contribution is 0.0383. The van der Waals surface area contributed by atoms with Crippen molar-refractivity contribution in [1.82, 2.24) is 29.9 Å². The highest BCUT2D eigenvalue weighted by atomic mass is 32.1. The van der Waals surface area contributed by atoms with Gasteiger partial charge in [-0.05, 0) is 11.4 Å². The number of hydrogen-bond acceptors (Lipinski definition) is 8. The molecule has 9 nitrogen and oxygen atoms in total. The van der Waals surface area contributed by atoms with Gasteiger partial charge >= 0.3 is 0 Å². The number of rotatable bonds is 6. The lowest BCUT2D eigenvalue weighted by atomic mass is 10.0. The first-order valence-electron chi connectivity index (χ1n) is 11.0. The summed E-state index contributed by atoms with van der Waals surface area (Å²) in [7, 11) is 1.86. The number of aryl methyl sites for hydroxylation is 1. The lowest BCUT2D eigenvalue weighted by Crippen LogP contribution is -2.41. The molecule has 2 aliphatic rings. The summed E-state index contributed by atoms with van der Waals surface area (Å²) < 4.78 is 7.14. The summed E-state index contributed by atoms with van der Waals surface area (Å²) in [6.45, 7) is 5.52. The molecule has 2 amide bonds. The minimum atomic E-state index is -0.192. The summed E-state index contributed by atoms with van der Waals surface area (Å²) in [6.07, 6.45) is 0.660. The van der Waals surface area contributed by atoms with Gasteiger partial charge in [-0.25, -0.2) is 4.98 Å². The second kappa shape index (κ2) is 9.72. The molecule has 0 radical (unpaired) electrons. The van der Waals surface area contributed by atoms with E-state index in [-0.39, 0.29) is 11.8 Å². The van der Waals surface area contributed by atoms with E-state index in [1.807, 2.05) is 29.9 Å². The first kappa shape index (κ1) is 22.2. The first-order valence-corrected chi connectivity index (χ1v) is 12.8. The van der Waals surface area contributed by atoms with Crippen LogP contribution in [0.5, 0.6) is 0 Å². The summed E-state index contributed by atoms with van der Waals surface area (Å²) in [4.78, 5) is 35.7. The van der Waals surface area contributed by atoms with Crippen molar-refractivity contribution in [2.75, 3.05) is 45.9 Å². The number of ether oxygens (including phenoxy) is 1. The topological polar surface area (TPSA) is 92.6 Å². The number of nitrogens with zero attached hydrogens (tertiary/aromatic N) is 5. The number of thiazole rings is 1. The van der Waals surface area contributed by atoms with Crippen molar-refractivity contribution in [2.45, 2.75) is 13.0 Å². The Hall–Kier alpha value is -2.60. The first-order chi connectivity index (χ1) is 16.1. The standard InChI is InChI=1S/C22H26N6O3S2/c1-26-17-4-6-28(22(30)16-14-33-21(24-16)18-3-2-12-32-18)13-15(17)19(25-26)20(29)23-5-7-27-8-10-31-11-9-27/h2-3,12,14H,4-11,13H2,1H3,(H,23,29). The predicted octanol–water partition coefficient (Wildman–Crippen LogP) is 1.87. The minimum absolute atomic E-state index is 0.109. The van der Waals surface area contributed by atoms with Gasteiger partial charge in [0.2, 0.25) is 0 Å². The van der Waals surface area contributed by atoms with Crippen LogP contribution >= 0.6 is 22.7 Å². The number of fused-ring (bicyclic) bond motifs is 1. The molecule has 1 N–H and O–H groups in total. The molecule has 2 aliphatic heterocycles. The van der Waals surface area contributed by atoms with Gasteiger partial charge in [-0.15, -0.1) is 22.7 Å². The molecule has 0 bridgehead atoms. The Kier molecular flexibility index (Phi) is 6.54. The maximum Gasteiger partial charge on any atom is 0.273 e. The summed E-state index contributed by atoms with van der Waals surface area (Å²) >= 11 is 3.09. The monoisotopic (exact) mass is 486 g/mol. The molecule has 0 atom stereocenters. The average Bonchev–Trinajstić information content (AvgIpc) is 3.59. The van der Waals surface area contributed by atoms with Crippen molar-refractivity contribution in [3.8, 4) is 9.88 Å². The maximum absolute atomic E-state index is 13.2. The molecule has 5 rings (SSSR count). The third-order valence-electron chi connectivity index (χ3n) is 6.02. The molecule has 1 saturated heterocycles. The van der Waals surface area contributed by atoms with E-state index < -0.39 is 0 Å². The van der Waals surface area contributed by atoms with Gasteiger partial charge in [0.1, 0.15) is 10.7 Å². The van der Waals surface area contributed by atoms with Crippen LogP contribution in [-0.2, 0) is 24.8 Å². The van der Waals surface area contributed by atoms with Gasteiger partial charge in [-0.3, -0.25) is 19.2 Å². The molecule has 1 fully saturated rings. The molecule has 11 heteroatoms. The van der Waals surface area contributed by atoms with Crippen LogP contribution in [0.25, 0.3) is 9.88 Å². The Balaban J connectivity index is 1.25. The SMILES string of the molecule is Cn1nc(C(=O)NCCN2CCOCC2)c2c1CCN(C(=O)c1csc(-c3cccs3)n1)C2. The number of thiophene rings is 1. The van der Waals surface area contributed by atoms with Crippen LogP contribution in [0.2, 0.25) is 0 Å². The van der Waals surface area contributed by atoms with E-state index in [2.05, 4.69) is 20.3 Å². The van der Waals surface area contributed by atoms with Crippen molar-refractivity contribution in [1.29, 1.82) is 0 Å². The fourth-order valence-electron chi connectivity index (χ4n) is 4.23. The number of amides is 2. The number of morpholine rings is 1. The van der Waals surface area contributed by atoms with Crippen LogP contribution in [0.3, 0.4) is 0 Å². The number of nitrogens with one attached hydrogen (secondary N) is 1. The molecule has 3 aromatic heterocycles. The Labute approximate surface area is 200 Å². The van der Waals surface area contributed by atoms with Crippen LogP contribution in [0, 0.1) is 0 Å².